The molecular formula is C24H29N5. The molecule has 0 unspecified atom stereocenters. The van der Waals surface area contributed by atoms with Gasteiger partial charge in [-0.25, -0.2) is 4.98 Å². The van der Waals surface area contributed by atoms with E-state index in [4.69, 9.17) is 0 Å². The number of nitrogens with zero attached hydrogens (tertiary/aromatic N) is 4. The number of anilines is 4. The quantitative estimate of drug-likeness (QED) is 0.638. The third-order valence-electron chi connectivity index (χ3n) is 5.54. The minimum Gasteiger partial charge on any atom is -0.372 e. The van der Waals surface area contributed by atoms with E-state index >= 15 is 0 Å². The third kappa shape index (κ3) is 5.05. The van der Waals surface area contributed by atoms with Gasteiger partial charge in [-0.1, -0.05) is 37.3 Å². The molecule has 1 aliphatic rings. The monoisotopic (exact) mass is 387 g/mol. The molecule has 2 aromatic carbocycles. The second kappa shape index (κ2) is 8.95. The fourth-order valence-electron chi connectivity index (χ4n) is 3.70. The maximum absolute atomic E-state index is 4.68. The number of benzene rings is 2. The highest BCUT2D eigenvalue weighted by Gasteiger charge is 2.15. The van der Waals surface area contributed by atoms with Crippen LogP contribution in [-0.2, 0) is 6.54 Å². The van der Waals surface area contributed by atoms with Crippen molar-refractivity contribution >= 4 is 23.1 Å². The zero-order valence-corrected chi connectivity index (χ0v) is 17.3. The topological polar surface area (TPSA) is 44.3 Å². The highest BCUT2D eigenvalue weighted by atomic mass is 15.2. The second-order valence-electron chi connectivity index (χ2n) is 7.92. The number of aromatic nitrogens is 2. The third-order valence-corrected chi connectivity index (χ3v) is 5.54. The maximum atomic E-state index is 4.68. The Morgan fingerprint density at radius 2 is 1.72 bits per heavy atom. The van der Waals surface area contributed by atoms with Gasteiger partial charge >= 0.3 is 0 Å². The van der Waals surface area contributed by atoms with Crippen LogP contribution < -0.4 is 15.1 Å². The minimum absolute atomic E-state index is 0.706. The summed E-state index contributed by atoms with van der Waals surface area (Å²) in [7, 11) is 2.01. The summed E-state index contributed by atoms with van der Waals surface area (Å²) in [5, 5.41) is 3.40. The summed E-state index contributed by atoms with van der Waals surface area (Å²) in [6, 6.07) is 20.9. The SMILES string of the molecule is CC1CCN(c2ccc(Nc3ccnc(N(C)Cc4ccccc4)n3)cc2)CC1. The van der Waals surface area contributed by atoms with Crippen LogP contribution in [0, 0.1) is 5.92 Å². The predicted octanol–water partition coefficient (Wildman–Crippen LogP) is 5.09. The first-order chi connectivity index (χ1) is 14.2. The van der Waals surface area contributed by atoms with Crippen molar-refractivity contribution in [1.29, 1.82) is 0 Å². The molecule has 5 heteroatoms. The molecule has 1 aliphatic heterocycles. The van der Waals surface area contributed by atoms with E-state index in [1.165, 1.54) is 24.1 Å². The predicted molar refractivity (Wildman–Crippen MR) is 121 cm³/mol. The molecule has 1 N–H and O–H groups in total. The molecule has 29 heavy (non-hydrogen) atoms. The number of nitrogens with one attached hydrogen (secondary N) is 1. The van der Waals surface area contributed by atoms with E-state index < -0.39 is 0 Å². The molecule has 2 heterocycles. The molecule has 1 aromatic heterocycles. The number of rotatable bonds is 6. The summed E-state index contributed by atoms with van der Waals surface area (Å²) in [5.41, 5.74) is 3.57. The van der Waals surface area contributed by atoms with Crippen LogP contribution in [0.1, 0.15) is 25.3 Å². The lowest BCUT2D eigenvalue weighted by Crippen LogP contribution is -2.32. The average Bonchev–Trinajstić information content (AvgIpc) is 2.76. The molecule has 3 aromatic rings. The smallest absolute Gasteiger partial charge is 0.227 e. The van der Waals surface area contributed by atoms with Gasteiger partial charge in [0.05, 0.1) is 0 Å². The van der Waals surface area contributed by atoms with Crippen LogP contribution in [0.2, 0.25) is 0 Å². The van der Waals surface area contributed by atoms with Crippen molar-refractivity contribution < 1.29 is 0 Å². The van der Waals surface area contributed by atoms with Gasteiger partial charge in [-0.05, 0) is 54.7 Å². The summed E-state index contributed by atoms with van der Waals surface area (Å²) in [6.07, 6.45) is 4.36. The van der Waals surface area contributed by atoms with E-state index in [0.29, 0.717) is 5.95 Å². The Balaban J connectivity index is 1.40. The van der Waals surface area contributed by atoms with Gasteiger partial charge in [-0.3, -0.25) is 0 Å². The molecule has 1 saturated heterocycles. The van der Waals surface area contributed by atoms with Crippen LogP contribution in [0.5, 0.6) is 0 Å². The second-order valence-corrected chi connectivity index (χ2v) is 7.92. The number of hydrogen-bond acceptors (Lipinski definition) is 5. The van der Waals surface area contributed by atoms with Gasteiger partial charge in [0.1, 0.15) is 5.82 Å². The Bertz CT molecular complexity index is 902. The van der Waals surface area contributed by atoms with Crippen molar-refractivity contribution in [2.24, 2.45) is 5.92 Å². The van der Waals surface area contributed by atoms with Gasteiger partial charge in [0.2, 0.25) is 5.95 Å². The highest BCUT2D eigenvalue weighted by Crippen LogP contribution is 2.25. The molecule has 4 rings (SSSR count). The molecule has 1 fully saturated rings. The van der Waals surface area contributed by atoms with Gasteiger partial charge in [-0.2, -0.15) is 4.98 Å². The van der Waals surface area contributed by atoms with Crippen molar-refractivity contribution in [3.05, 3.63) is 72.4 Å². The summed E-state index contributed by atoms with van der Waals surface area (Å²) in [5.74, 6) is 2.35. The van der Waals surface area contributed by atoms with Crippen molar-refractivity contribution in [1.82, 2.24) is 9.97 Å². The first-order valence-electron chi connectivity index (χ1n) is 10.4. The Hall–Kier alpha value is -3.08. The summed E-state index contributed by atoms with van der Waals surface area (Å²) < 4.78 is 0. The molecule has 0 bridgehead atoms. The van der Waals surface area contributed by atoms with Crippen molar-refractivity contribution in [3.8, 4) is 0 Å². The Morgan fingerprint density at radius 3 is 2.45 bits per heavy atom. The van der Waals surface area contributed by atoms with Crippen LogP contribution in [0.15, 0.2) is 66.9 Å². The van der Waals surface area contributed by atoms with Gasteiger partial charge in [-0.15, -0.1) is 0 Å². The molecule has 0 atom stereocenters. The normalized spacial score (nSPS) is 14.6. The largest absolute Gasteiger partial charge is 0.372 e. The van der Waals surface area contributed by atoms with E-state index in [0.717, 1.165) is 37.1 Å². The molecule has 0 spiro atoms. The standard InChI is InChI=1S/C24H29N5/c1-19-13-16-29(17-14-19)22-10-8-21(9-11-22)26-23-12-15-25-24(27-23)28(2)18-20-6-4-3-5-7-20/h3-12,15,19H,13-14,16-18H2,1-2H3,(H,25,26,27). The lowest BCUT2D eigenvalue weighted by Gasteiger charge is -2.32. The summed E-state index contributed by atoms with van der Waals surface area (Å²) >= 11 is 0. The molecule has 0 radical (unpaired) electrons. The van der Waals surface area contributed by atoms with E-state index in [2.05, 4.69) is 80.5 Å². The average molecular weight is 388 g/mol. The first kappa shape index (κ1) is 19.2. The molecule has 0 amide bonds. The molecular weight excluding hydrogens is 358 g/mol. The number of piperidine rings is 1. The van der Waals surface area contributed by atoms with Crippen LogP contribution in [0.25, 0.3) is 0 Å². The maximum Gasteiger partial charge on any atom is 0.227 e. The van der Waals surface area contributed by atoms with Crippen LogP contribution >= 0.6 is 0 Å². The van der Waals surface area contributed by atoms with Gasteiger partial charge in [0.15, 0.2) is 0 Å². The lowest BCUT2D eigenvalue weighted by molar-refractivity contribution is 0.438. The fraction of sp³-hybridized carbons (Fsp3) is 0.333. The lowest BCUT2D eigenvalue weighted by atomic mass is 9.99. The van der Waals surface area contributed by atoms with Gasteiger partial charge < -0.3 is 15.1 Å². The van der Waals surface area contributed by atoms with Crippen molar-refractivity contribution in [2.75, 3.05) is 35.3 Å². The zero-order chi connectivity index (χ0) is 20.1. The van der Waals surface area contributed by atoms with E-state index in [-0.39, 0.29) is 0 Å². The molecule has 0 saturated carbocycles. The number of hydrogen-bond donors (Lipinski definition) is 1. The van der Waals surface area contributed by atoms with Crippen molar-refractivity contribution in [3.63, 3.8) is 0 Å². The van der Waals surface area contributed by atoms with E-state index in [1.54, 1.807) is 6.20 Å². The van der Waals surface area contributed by atoms with E-state index in [1.807, 2.05) is 19.2 Å². The van der Waals surface area contributed by atoms with Gasteiger partial charge in [0.25, 0.3) is 0 Å². The zero-order valence-electron chi connectivity index (χ0n) is 17.3. The van der Waals surface area contributed by atoms with Crippen LogP contribution in [0.3, 0.4) is 0 Å². The van der Waals surface area contributed by atoms with E-state index in [9.17, 15) is 0 Å². The van der Waals surface area contributed by atoms with Crippen LogP contribution in [-0.4, -0.2) is 30.1 Å². The Morgan fingerprint density at radius 1 is 1.00 bits per heavy atom. The molecule has 5 nitrogen and oxygen atoms in total. The molecule has 0 aliphatic carbocycles. The summed E-state index contributed by atoms with van der Waals surface area (Å²) in [4.78, 5) is 13.6. The first-order valence-corrected chi connectivity index (χ1v) is 10.4. The summed E-state index contributed by atoms with van der Waals surface area (Å²) in [6.45, 7) is 5.42. The van der Waals surface area contributed by atoms with Crippen molar-refractivity contribution in [2.45, 2.75) is 26.3 Å². The Kier molecular flexibility index (Phi) is 5.94. The Labute approximate surface area is 173 Å². The molecule has 150 valence electrons. The fourth-order valence-corrected chi connectivity index (χ4v) is 3.70. The highest BCUT2D eigenvalue weighted by molar-refractivity contribution is 5.61. The van der Waals surface area contributed by atoms with Gasteiger partial charge in [0, 0.05) is 44.3 Å². The van der Waals surface area contributed by atoms with Crippen LogP contribution in [0.4, 0.5) is 23.1 Å². The minimum atomic E-state index is 0.706.